The summed E-state index contributed by atoms with van der Waals surface area (Å²) in [6.07, 6.45) is 8.11. The molecule has 0 N–H and O–H groups in total. The number of hydrogen-bond donors (Lipinski definition) is 0. The molecule has 22 heavy (non-hydrogen) atoms. The number of aryl methyl sites for hydroxylation is 1. The molecule has 0 aliphatic heterocycles. The predicted molar refractivity (Wildman–Crippen MR) is 86.6 cm³/mol. The molecule has 0 saturated heterocycles. The average molecular weight is 286 g/mol. The number of aromatic nitrogens is 4. The quantitative estimate of drug-likeness (QED) is 0.566. The van der Waals surface area contributed by atoms with Gasteiger partial charge >= 0.3 is 0 Å². The standard InChI is InChI=1S/C18H14N4/c1-12-7-17-18(22-10-12)13(4-6-20-17)8-15-9-16-14(11-21-15)3-2-5-19-16/h2-7,9-11H,8H2,1H3. The zero-order valence-electron chi connectivity index (χ0n) is 12.2. The molecular formula is C18H14N4. The summed E-state index contributed by atoms with van der Waals surface area (Å²) < 4.78 is 0. The van der Waals surface area contributed by atoms with Gasteiger partial charge in [-0.1, -0.05) is 0 Å². The Morgan fingerprint density at radius 3 is 2.73 bits per heavy atom. The van der Waals surface area contributed by atoms with Crippen LogP contribution in [0.2, 0.25) is 0 Å². The van der Waals surface area contributed by atoms with E-state index in [0.717, 1.165) is 45.2 Å². The van der Waals surface area contributed by atoms with E-state index in [1.807, 2.05) is 49.8 Å². The molecule has 4 heterocycles. The highest BCUT2D eigenvalue weighted by Gasteiger charge is 2.06. The molecule has 4 aromatic rings. The van der Waals surface area contributed by atoms with Gasteiger partial charge in [0.15, 0.2) is 0 Å². The molecule has 0 saturated carbocycles. The van der Waals surface area contributed by atoms with Crippen molar-refractivity contribution in [1.82, 2.24) is 19.9 Å². The van der Waals surface area contributed by atoms with Gasteiger partial charge < -0.3 is 0 Å². The maximum absolute atomic E-state index is 4.54. The van der Waals surface area contributed by atoms with Crippen LogP contribution in [0.4, 0.5) is 0 Å². The smallest absolute Gasteiger partial charge is 0.0922 e. The first-order valence-corrected chi connectivity index (χ1v) is 7.19. The van der Waals surface area contributed by atoms with Crippen molar-refractivity contribution in [1.29, 1.82) is 0 Å². The van der Waals surface area contributed by atoms with Crippen molar-refractivity contribution in [2.45, 2.75) is 13.3 Å². The second-order valence-corrected chi connectivity index (χ2v) is 5.40. The lowest BCUT2D eigenvalue weighted by molar-refractivity contribution is 1.08. The van der Waals surface area contributed by atoms with E-state index in [1.54, 1.807) is 6.20 Å². The maximum atomic E-state index is 4.54. The highest BCUT2D eigenvalue weighted by atomic mass is 14.7. The van der Waals surface area contributed by atoms with Crippen molar-refractivity contribution in [3.63, 3.8) is 0 Å². The van der Waals surface area contributed by atoms with E-state index in [0.29, 0.717) is 0 Å². The van der Waals surface area contributed by atoms with E-state index in [9.17, 15) is 0 Å². The Bertz CT molecular complexity index is 979. The second kappa shape index (κ2) is 5.15. The van der Waals surface area contributed by atoms with Gasteiger partial charge in [-0.15, -0.1) is 0 Å². The van der Waals surface area contributed by atoms with Gasteiger partial charge in [-0.3, -0.25) is 19.9 Å². The van der Waals surface area contributed by atoms with Crippen molar-refractivity contribution in [2.75, 3.05) is 0 Å². The van der Waals surface area contributed by atoms with E-state index >= 15 is 0 Å². The van der Waals surface area contributed by atoms with Gasteiger partial charge in [0.05, 0.1) is 16.6 Å². The Kier molecular flexibility index (Phi) is 3.00. The molecule has 4 heteroatoms. The normalized spacial score (nSPS) is 11.1. The lowest BCUT2D eigenvalue weighted by atomic mass is 10.1. The molecule has 0 radical (unpaired) electrons. The summed E-state index contributed by atoms with van der Waals surface area (Å²) >= 11 is 0. The Balaban J connectivity index is 1.78. The molecule has 0 amide bonds. The number of hydrogen-bond acceptors (Lipinski definition) is 4. The molecule has 0 aromatic carbocycles. The van der Waals surface area contributed by atoms with Crippen molar-refractivity contribution in [3.8, 4) is 0 Å². The van der Waals surface area contributed by atoms with Crippen LogP contribution in [0.25, 0.3) is 21.9 Å². The molecule has 0 spiro atoms. The van der Waals surface area contributed by atoms with Gasteiger partial charge in [0.1, 0.15) is 0 Å². The molecule has 0 aliphatic carbocycles. The number of rotatable bonds is 2. The van der Waals surface area contributed by atoms with Crippen LogP contribution in [0.15, 0.2) is 55.1 Å². The average Bonchev–Trinajstić information content (AvgIpc) is 2.55. The van der Waals surface area contributed by atoms with Crippen LogP contribution in [-0.4, -0.2) is 19.9 Å². The van der Waals surface area contributed by atoms with Crippen molar-refractivity contribution < 1.29 is 0 Å². The molecular weight excluding hydrogens is 272 g/mol. The molecule has 106 valence electrons. The minimum Gasteiger partial charge on any atom is -0.260 e. The van der Waals surface area contributed by atoms with Crippen LogP contribution in [0.1, 0.15) is 16.8 Å². The fraction of sp³-hybridized carbons (Fsp3) is 0.111. The molecule has 4 aromatic heterocycles. The Morgan fingerprint density at radius 2 is 1.77 bits per heavy atom. The van der Waals surface area contributed by atoms with Crippen LogP contribution < -0.4 is 0 Å². The Labute approximate surface area is 127 Å². The largest absolute Gasteiger partial charge is 0.260 e. The minimum absolute atomic E-state index is 0.724. The summed E-state index contributed by atoms with van der Waals surface area (Å²) in [6.45, 7) is 2.03. The maximum Gasteiger partial charge on any atom is 0.0922 e. The van der Waals surface area contributed by atoms with Crippen molar-refractivity contribution in [2.24, 2.45) is 0 Å². The molecule has 0 fully saturated rings. The van der Waals surface area contributed by atoms with Crippen LogP contribution >= 0.6 is 0 Å². The highest BCUT2D eigenvalue weighted by Crippen LogP contribution is 2.19. The monoisotopic (exact) mass is 286 g/mol. The molecule has 0 atom stereocenters. The fourth-order valence-electron chi connectivity index (χ4n) is 2.63. The summed E-state index contributed by atoms with van der Waals surface area (Å²) in [6, 6.07) is 10.0. The highest BCUT2D eigenvalue weighted by molar-refractivity contribution is 5.79. The summed E-state index contributed by atoms with van der Waals surface area (Å²) in [4.78, 5) is 17.9. The predicted octanol–water partition coefficient (Wildman–Crippen LogP) is 3.47. The number of pyridine rings is 4. The van der Waals surface area contributed by atoms with E-state index in [2.05, 4.69) is 26.0 Å². The summed E-state index contributed by atoms with van der Waals surface area (Å²) in [5.41, 5.74) is 6.07. The van der Waals surface area contributed by atoms with Gasteiger partial charge in [0, 0.05) is 42.3 Å². The van der Waals surface area contributed by atoms with E-state index < -0.39 is 0 Å². The van der Waals surface area contributed by atoms with E-state index in [4.69, 9.17) is 0 Å². The van der Waals surface area contributed by atoms with Gasteiger partial charge in [0.25, 0.3) is 0 Å². The first-order chi connectivity index (χ1) is 10.8. The molecule has 0 unspecified atom stereocenters. The SMILES string of the molecule is Cc1cnc2c(Cc3cc4ncccc4cn3)ccnc2c1. The molecule has 0 bridgehead atoms. The van der Waals surface area contributed by atoms with Crippen LogP contribution in [0.3, 0.4) is 0 Å². The summed E-state index contributed by atoms with van der Waals surface area (Å²) in [7, 11) is 0. The van der Waals surface area contributed by atoms with Gasteiger partial charge in [-0.05, 0) is 48.4 Å². The first-order valence-electron chi connectivity index (χ1n) is 7.19. The zero-order valence-corrected chi connectivity index (χ0v) is 12.2. The van der Waals surface area contributed by atoms with Crippen LogP contribution in [0, 0.1) is 6.92 Å². The Morgan fingerprint density at radius 1 is 0.864 bits per heavy atom. The minimum atomic E-state index is 0.724. The molecule has 4 nitrogen and oxygen atoms in total. The first kappa shape index (κ1) is 12.8. The van der Waals surface area contributed by atoms with Crippen molar-refractivity contribution in [3.05, 3.63) is 71.9 Å². The lowest BCUT2D eigenvalue weighted by Crippen LogP contribution is -1.96. The number of nitrogens with zero attached hydrogens (tertiary/aromatic N) is 4. The van der Waals surface area contributed by atoms with E-state index in [1.165, 1.54) is 0 Å². The van der Waals surface area contributed by atoms with Gasteiger partial charge in [-0.25, -0.2) is 0 Å². The van der Waals surface area contributed by atoms with Gasteiger partial charge in [-0.2, -0.15) is 0 Å². The summed E-state index contributed by atoms with van der Waals surface area (Å²) in [5.74, 6) is 0. The second-order valence-electron chi connectivity index (χ2n) is 5.40. The number of fused-ring (bicyclic) bond motifs is 2. The fourth-order valence-corrected chi connectivity index (χ4v) is 2.63. The van der Waals surface area contributed by atoms with E-state index in [-0.39, 0.29) is 0 Å². The van der Waals surface area contributed by atoms with Crippen LogP contribution in [-0.2, 0) is 6.42 Å². The zero-order chi connectivity index (χ0) is 14.9. The third kappa shape index (κ3) is 2.29. The van der Waals surface area contributed by atoms with Crippen molar-refractivity contribution >= 4 is 21.9 Å². The molecule has 4 rings (SSSR count). The third-order valence-electron chi connectivity index (χ3n) is 3.71. The van der Waals surface area contributed by atoms with Crippen LogP contribution in [0.5, 0.6) is 0 Å². The lowest BCUT2D eigenvalue weighted by Gasteiger charge is -2.06. The topological polar surface area (TPSA) is 51.6 Å². The Hall–Kier alpha value is -2.88. The molecule has 0 aliphatic rings. The third-order valence-corrected chi connectivity index (χ3v) is 3.71. The van der Waals surface area contributed by atoms with Gasteiger partial charge in [0.2, 0.25) is 0 Å². The summed E-state index contributed by atoms with van der Waals surface area (Å²) in [5, 5.41) is 1.06.